The van der Waals surface area contributed by atoms with E-state index in [1.54, 1.807) is 30.1 Å². The van der Waals surface area contributed by atoms with Gasteiger partial charge in [-0.2, -0.15) is 0 Å². The van der Waals surface area contributed by atoms with Gasteiger partial charge in [0.25, 0.3) is 5.91 Å². The third-order valence-corrected chi connectivity index (χ3v) is 7.10. The molecule has 9 heteroatoms. The zero-order valence-corrected chi connectivity index (χ0v) is 22.8. The number of sulfonamides is 1. The van der Waals surface area contributed by atoms with E-state index in [1.807, 2.05) is 36.5 Å². The summed E-state index contributed by atoms with van der Waals surface area (Å²) in [6.07, 6.45) is 6.26. The highest BCUT2D eigenvalue weighted by Gasteiger charge is 2.27. The Morgan fingerprint density at radius 2 is 1.65 bits per heavy atom. The number of hydrogen-bond acceptors (Lipinski definition) is 5. The lowest BCUT2D eigenvalue weighted by atomic mass is 10.1. The number of aromatic amines is 1. The molecule has 0 atom stereocenters. The van der Waals surface area contributed by atoms with E-state index in [9.17, 15) is 13.2 Å². The van der Waals surface area contributed by atoms with Crippen molar-refractivity contribution in [2.45, 2.75) is 50.8 Å². The van der Waals surface area contributed by atoms with Crippen molar-refractivity contribution in [1.29, 1.82) is 0 Å². The highest BCUT2D eigenvalue weighted by molar-refractivity contribution is 7.89. The van der Waals surface area contributed by atoms with Crippen LogP contribution < -0.4 is 14.8 Å². The second-order valence-electron chi connectivity index (χ2n) is 9.15. The second-order valence-corrected chi connectivity index (χ2v) is 10.7. The van der Waals surface area contributed by atoms with Crippen LogP contribution in [-0.4, -0.2) is 50.9 Å². The van der Waals surface area contributed by atoms with E-state index < -0.39 is 10.0 Å². The smallest absolute Gasteiger partial charge is 0.253 e. The van der Waals surface area contributed by atoms with Gasteiger partial charge >= 0.3 is 0 Å². The molecular formula is C28H38N4O4S. The maximum Gasteiger partial charge on any atom is 0.253 e. The van der Waals surface area contributed by atoms with Crippen molar-refractivity contribution in [3.05, 3.63) is 72.1 Å². The van der Waals surface area contributed by atoms with Gasteiger partial charge in [0.2, 0.25) is 10.0 Å². The summed E-state index contributed by atoms with van der Waals surface area (Å²) in [5.74, 6) is 0.350. The quantitative estimate of drug-likeness (QED) is 0.301. The van der Waals surface area contributed by atoms with E-state index in [4.69, 9.17) is 9.88 Å². The predicted molar refractivity (Wildman–Crippen MR) is 148 cm³/mol. The van der Waals surface area contributed by atoms with Gasteiger partial charge in [-0.05, 0) is 49.2 Å². The number of hydrogen-bond donors (Lipinski definition) is 2. The number of ether oxygens (including phenoxy) is 1. The van der Waals surface area contributed by atoms with Crippen molar-refractivity contribution in [3.63, 3.8) is 0 Å². The standard InChI is InChI=1S/C28H38N4O4S/c1-4-6-17-32(18-7-5-2)25-20-22(28(33)31(3)19-15-23-12-11-16-30-23)21-26(37(29,34)35)27(25)36-24-13-9-8-10-14-24/h8-14,16,20-21,30H,4-7,15,17-19H2,1-3H3,(H2,29,34,35). The third kappa shape index (κ3) is 7.84. The molecule has 3 aromatic rings. The van der Waals surface area contributed by atoms with E-state index in [1.165, 1.54) is 6.07 Å². The van der Waals surface area contributed by atoms with Gasteiger partial charge in [-0.15, -0.1) is 0 Å². The number of carbonyl (C=O) groups is 1. The van der Waals surface area contributed by atoms with Crippen molar-refractivity contribution in [3.8, 4) is 11.5 Å². The molecule has 0 aliphatic rings. The molecule has 1 aromatic heterocycles. The van der Waals surface area contributed by atoms with E-state index in [-0.39, 0.29) is 22.1 Å². The molecule has 1 amide bonds. The minimum absolute atomic E-state index is 0.145. The molecule has 1 heterocycles. The fraction of sp³-hybridized carbons (Fsp3) is 0.393. The molecule has 37 heavy (non-hydrogen) atoms. The Morgan fingerprint density at radius 1 is 0.973 bits per heavy atom. The number of benzene rings is 2. The fourth-order valence-corrected chi connectivity index (χ4v) is 4.75. The predicted octanol–water partition coefficient (Wildman–Crippen LogP) is 5.18. The number of rotatable bonds is 14. The molecule has 0 aliphatic heterocycles. The first-order valence-corrected chi connectivity index (χ1v) is 14.4. The topological polar surface area (TPSA) is 109 Å². The largest absolute Gasteiger partial charge is 0.454 e. The molecule has 200 valence electrons. The van der Waals surface area contributed by atoms with Gasteiger partial charge in [0, 0.05) is 50.6 Å². The highest BCUT2D eigenvalue weighted by Crippen LogP contribution is 2.40. The number of nitrogens with two attached hydrogens (primary N) is 1. The summed E-state index contributed by atoms with van der Waals surface area (Å²) in [6, 6.07) is 15.9. The Labute approximate surface area is 220 Å². The lowest BCUT2D eigenvalue weighted by Crippen LogP contribution is -2.31. The number of nitrogens with one attached hydrogen (secondary N) is 1. The number of likely N-dealkylation sites (N-methyl/N-ethyl adjacent to an activating group) is 1. The van der Waals surface area contributed by atoms with Gasteiger partial charge in [0.1, 0.15) is 10.6 Å². The summed E-state index contributed by atoms with van der Waals surface area (Å²) in [5, 5.41) is 5.69. The molecule has 0 radical (unpaired) electrons. The average molecular weight is 527 g/mol. The zero-order chi connectivity index (χ0) is 26.8. The van der Waals surface area contributed by atoms with Crippen LogP contribution in [0.15, 0.2) is 65.7 Å². The number of nitrogens with zero attached hydrogens (tertiary/aromatic N) is 2. The van der Waals surface area contributed by atoms with Crippen molar-refractivity contribution in [2.75, 3.05) is 31.6 Å². The summed E-state index contributed by atoms with van der Waals surface area (Å²) >= 11 is 0. The molecule has 2 aromatic carbocycles. The van der Waals surface area contributed by atoms with Crippen LogP contribution in [-0.2, 0) is 16.4 Å². The maximum absolute atomic E-state index is 13.5. The van der Waals surface area contributed by atoms with Crippen molar-refractivity contribution >= 4 is 21.6 Å². The van der Waals surface area contributed by atoms with E-state index >= 15 is 0 Å². The van der Waals surface area contributed by atoms with Gasteiger partial charge in [-0.25, -0.2) is 13.6 Å². The molecule has 0 saturated heterocycles. The van der Waals surface area contributed by atoms with Gasteiger partial charge in [0.05, 0.1) is 5.69 Å². The van der Waals surface area contributed by atoms with Crippen molar-refractivity contribution < 1.29 is 17.9 Å². The number of primary sulfonamides is 1. The summed E-state index contributed by atoms with van der Waals surface area (Å²) in [7, 11) is -2.50. The first kappa shape index (κ1) is 28.3. The molecule has 0 bridgehead atoms. The van der Waals surface area contributed by atoms with Crippen LogP contribution in [0.5, 0.6) is 11.5 Å². The zero-order valence-electron chi connectivity index (χ0n) is 21.9. The van der Waals surface area contributed by atoms with Gasteiger partial charge < -0.3 is 19.5 Å². The number of anilines is 1. The lowest BCUT2D eigenvalue weighted by molar-refractivity contribution is 0.0796. The fourth-order valence-electron chi connectivity index (χ4n) is 4.05. The van der Waals surface area contributed by atoms with Crippen LogP contribution in [0, 0.1) is 0 Å². The monoisotopic (exact) mass is 526 g/mol. The molecule has 0 aliphatic carbocycles. The number of H-pyrrole nitrogens is 1. The number of aromatic nitrogens is 1. The molecule has 0 unspecified atom stereocenters. The van der Waals surface area contributed by atoms with Crippen LogP contribution in [0.1, 0.15) is 55.6 Å². The Bertz CT molecular complexity index is 1240. The van der Waals surface area contributed by atoms with Gasteiger partial charge in [0.15, 0.2) is 5.75 Å². The first-order chi connectivity index (χ1) is 17.7. The maximum atomic E-state index is 13.5. The van der Waals surface area contributed by atoms with Crippen LogP contribution in [0.2, 0.25) is 0 Å². The average Bonchev–Trinajstić information content (AvgIpc) is 3.41. The van der Waals surface area contributed by atoms with Crippen molar-refractivity contribution in [2.24, 2.45) is 5.14 Å². The molecule has 0 saturated carbocycles. The molecule has 3 N–H and O–H groups in total. The summed E-state index contributed by atoms with van der Waals surface area (Å²) < 4.78 is 31.8. The summed E-state index contributed by atoms with van der Waals surface area (Å²) in [4.78, 5) is 20.1. The van der Waals surface area contributed by atoms with E-state index in [0.717, 1.165) is 31.4 Å². The Morgan fingerprint density at radius 3 is 2.22 bits per heavy atom. The van der Waals surface area contributed by atoms with E-state index in [0.29, 0.717) is 37.5 Å². The normalized spacial score (nSPS) is 11.4. The molecule has 3 rings (SSSR count). The molecular weight excluding hydrogens is 488 g/mol. The van der Waals surface area contributed by atoms with Gasteiger partial charge in [-0.3, -0.25) is 4.79 Å². The Balaban J connectivity index is 2.10. The van der Waals surface area contributed by atoms with E-state index in [2.05, 4.69) is 23.7 Å². The minimum Gasteiger partial charge on any atom is -0.454 e. The summed E-state index contributed by atoms with van der Waals surface area (Å²) in [6.45, 7) is 6.08. The Hall–Kier alpha value is -3.30. The summed E-state index contributed by atoms with van der Waals surface area (Å²) in [5.41, 5.74) is 1.83. The van der Waals surface area contributed by atoms with Gasteiger partial charge in [-0.1, -0.05) is 44.9 Å². The highest BCUT2D eigenvalue weighted by atomic mass is 32.2. The minimum atomic E-state index is -4.21. The number of amides is 1. The number of unbranched alkanes of at least 4 members (excludes halogenated alkanes) is 2. The lowest BCUT2D eigenvalue weighted by Gasteiger charge is -2.29. The molecule has 8 nitrogen and oxygen atoms in total. The van der Waals surface area contributed by atoms with Crippen LogP contribution >= 0.6 is 0 Å². The second kappa shape index (κ2) is 13.3. The Kier molecular flexibility index (Phi) is 10.2. The number of carbonyl (C=O) groups excluding carboxylic acids is 1. The first-order valence-electron chi connectivity index (χ1n) is 12.8. The van der Waals surface area contributed by atoms with Crippen LogP contribution in [0.25, 0.3) is 0 Å². The number of para-hydroxylation sites is 1. The molecule has 0 spiro atoms. The van der Waals surface area contributed by atoms with Crippen molar-refractivity contribution in [1.82, 2.24) is 9.88 Å². The van der Waals surface area contributed by atoms with Crippen LogP contribution in [0.3, 0.4) is 0 Å². The third-order valence-electron chi connectivity index (χ3n) is 6.18. The molecule has 0 fully saturated rings. The van der Waals surface area contributed by atoms with Crippen LogP contribution in [0.4, 0.5) is 5.69 Å². The SMILES string of the molecule is CCCCN(CCCC)c1cc(C(=O)N(C)CCc2ccc[nH]2)cc(S(N)(=O)=O)c1Oc1ccccc1.